The van der Waals surface area contributed by atoms with Gasteiger partial charge in [0.2, 0.25) is 10.0 Å². The van der Waals surface area contributed by atoms with Gasteiger partial charge in [0.1, 0.15) is 0 Å². The number of aryl methyl sites for hydroxylation is 1. The second-order valence-corrected chi connectivity index (χ2v) is 11.8. The van der Waals surface area contributed by atoms with Crippen molar-refractivity contribution in [1.29, 1.82) is 0 Å². The van der Waals surface area contributed by atoms with Gasteiger partial charge in [-0.05, 0) is 65.8 Å². The highest BCUT2D eigenvalue weighted by atomic mass is 32.2. The Bertz CT molecular complexity index is 1240. The van der Waals surface area contributed by atoms with Crippen molar-refractivity contribution in [3.8, 4) is 0 Å². The molecule has 0 unspecified atom stereocenters. The third-order valence-corrected chi connectivity index (χ3v) is 7.00. The standard InChI is InChI=1S/C28H34N2O3S/c1-20-8-7-9-26(18-20)30(34(6,32)33)19-22-10-12-24(13-11-22)27(31)29-21(2)23-14-16-25(17-15-23)28(3,4)5/h7-18,21H,19H2,1-6H3,(H,29,31)/t21-/m0/s1. The van der Waals surface area contributed by atoms with Gasteiger partial charge in [-0.1, -0.05) is 69.3 Å². The van der Waals surface area contributed by atoms with Crippen LogP contribution in [-0.2, 0) is 22.0 Å². The molecule has 0 aliphatic heterocycles. The minimum atomic E-state index is -3.46. The first kappa shape index (κ1) is 25.5. The molecule has 0 saturated heterocycles. The Morgan fingerprint density at radius 2 is 1.59 bits per heavy atom. The van der Waals surface area contributed by atoms with Crippen LogP contribution in [-0.4, -0.2) is 20.6 Å². The summed E-state index contributed by atoms with van der Waals surface area (Å²) in [6.07, 6.45) is 1.20. The summed E-state index contributed by atoms with van der Waals surface area (Å²) >= 11 is 0. The Hall–Kier alpha value is -3.12. The van der Waals surface area contributed by atoms with E-state index in [4.69, 9.17) is 0 Å². The van der Waals surface area contributed by atoms with Crippen molar-refractivity contribution in [2.24, 2.45) is 0 Å². The lowest BCUT2D eigenvalue weighted by Crippen LogP contribution is -2.29. The van der Waals surface area contributed by atoms with E-state index < -0.39 is 10.0 Å². The maximum Gasteiger partial charge on any atom is 0.251 e. The number of rotatable bonds is 7. The fourth-order valence-corrected chi connectivity index (χ4v) is 4.63. The summed E-state index contributed by atoms with van der Waals surface area (Å²) in [6, 6.07) is 22.6. The Morgan fingerprint density at radius 1 is 0.971 bits per heavy atom. The summed E-state index contributed by atoms with van der Waals surface area (Å²) in [4.78, 5) is 12.8. The van der Waals surface area contributed by atoms with Gasteiger partial charge in [0.25, 0.3) is 5.91 Å². The van der Waals surface area contributed by atoms with Gasteiger partial charge >= 0.3 is 0 Å². The second-order valence-electron chi connectivity index (χ2n) is 9.87. The van der Waals surface area contributed by atoms with Gasteiger partial charge in [-0.3, -0.25) is 9.10 Å². The molecule has 0 bridgehead atoms. The number of anilines is 1. The summed E-state index contributed by atoms with van der Waals surface area (Å²) in [5.74, 6) is -0.169. The number of amides is 1. The van der Waals surface area contributed by atoms with Crippen LogP contribution in [0.25, 0.3) is 0 Å². The molecule has 3 rings (SSSR count). The molecular formula is C28H34N2O3S. The fraction of sp³-hybridized carbons (Fsp3) is 0.321. The van der Waals surface area contributed by atoms with Crippen LogP contribution in [0.5, 0.6) is 0 Å². The van der Waals surface area contributed by atoms with Crippen LogP contribution in [0.2, 0.25) is 0 Å². The van der Waals surface area contributed by atoms with E-state index in [9.17, 15) is 13.2 Å². The number of benzene rings is 3. The molecule has 0 spiro atoms. The normalized spacial score (nSPS) is 12.8. The van der Waals surface area contributed by atoms with Crippen LogP contribution in [0, 0.1) is 6.92 Å². The van der Waals surface area contributed by atoms with E-state index in [2.05, 4.69) is 50.4 Å². The quantitative estimate of drug-likeness (QED) is 0.470. The number of sulfonamides is 1. The van der Waals surface area contributed by atoms with Crippen molar-refractivity contribution in [2.75, 3.05) is 10.6 Å². The van der Waals surface area contributed by atoms with Crippen molar-refractivity contribution in [3.63, 3.8) is 0 Å². The first-order valence-corrected chi connectivity index (χ1v) is 13.2. The molecule has 3 aromatic carbocycles. The smallest absolute Gasteiger partial charge is 0.251 e. The van der Waals surface area contributed by atoms with Gasteiger partial charge in [0.15, 0.2) is 0 Å². The van der Waals surface area contributed by atoms with Crippen molar-refractivity contribution >= 4 is 21.6 Å². The van der Waals surface area contributed by atoms with E-state index in [-0.39, 0.29) is 23.9 Å². The molecule has 180 valence electrons. The van der Waals surface area contributed by atoms with Gasteiger partial charge in [-0.25, -0.2) is 8.42 Å². The van der Waals surface area contributed by atoms with E-state index in [0.717, 1.165) is 16.7 Å². The first-order valence-electron chi connectivity index (χ1n) is 11.4. The Morgan fingerprint density at radius 3 is 2.12 bits per heavy atom. The van der Waals surface area contributed by atoms with E-state index in [1.54, 1.807) is 30.3 Å². The lowest BCUT2D eigenvalue weighted by Gasteiger charge is -2.23. The van der Waals surface area contributed by atoms with Crippen LogP contribution in [0.3, 0.4) is 0 Å². The van der Waals surface area contributed by atoms with E-state index in [1.807, 2.05) is 32.0 Å². The highest BCUT2D eigenvalue weighted by Crippen LogP contribution is 2.25. The highest BCUT2D eigenvalue weighted by Gasteiger charge is 2.19. The SMILES string of the molecule is Cc1cccc(N(Cc2ccc(C(=O)N[C@@H](C)c3ccc(C(C)(C)C)cc3)cc2)S(C)(=O)=O)c1. The lowest BCUT2D eigenvalue weighted by atomic mass is 9.86. The number of nitrogens with one attached hydrogen (secondary N) is 1. The van der Waals surface area contributed by atoms with Crippen molar-refractivity contribution < 1.29 is 13.2 Å². The van der Waals surface area contributed by atoms with Crippen molar-refractivity contribution in [3.05, 3.63) is 101 Å². The summed E-state index contributed by atoms with van der Waals surface area (Å²) in [6.45, 7) is 10.6. The van der Waals surface area contributed by atoms with Crippen LogP contribution in [0.1, 0.15) is 66.3 Å². The molecule has 0 fully saturated rings. The van der Waals surface area contributed by atoms with Crippen molar-refractivity contribution in [1.82, 2.24) is 5.32 Å². The predicted octanol–water partition coefficient (Wildman–Crippen LogP) is 5.75. The molecule has 0 radical (unpaired) electrons. The third-order valence-electron chi connectivity index (χ3n) is 5.86. The van der Waals surface area contributed by atoms with Crippen LogP contribution < -0.4 is 9.62 Å². The first-order chi connectivity index (χ1) is 15.8. The van der Waals surface area contributed by atoms with Crippen molar-refractivity contribution in [2.45, 2.75) is 52.6 Å². The highest BCUT2D eigenvalue weighted by molar-refractivity contribution is 7.92. The number of hydrogen-bond acceptors (Lipinski definition) is 3. The molecule has 0 saturated carbocycles. The Kier molecular flexibility index (Phi) is 7.51. The molecule has 3 aromatic rings. The summed E-state index contributed by atoms with van der Waals surface area (Å²) in [5.41, 5.74) is 5.31. The maximum atomic E-state index is 12.8. The zero-order chi connectivity index (χ0) is 25.1. The van der Waals surface area contributed by atoms with E-state index in [1.165, 1.54) is 16.1 Å². The monoisotopic (exact) mass is 478 g/mol. The van der Waals surface area contributed by atoms with E-state index in [0.29, 0.717) is 11.3 Å². The van der Waals surface area contributed by atoms with Gasteiger partial charge in [-0.15, -0.1) is 0 Å². The fourth-order valence-electron chi connectivity index (χ4n) is 3.75. The average Bonchev–Trinajstić information content (AvgIpc) is 2.76. The molecule has 0 aromatic heterocycles. The van der Waals surface area contributed by atoms with E-state index >= 15 is 0 Å². The number of nitrogens with zero attached hydrogens (tertiary/aromatic N) is 1. The van der Waals surface area contributed by atoms with Crippen LogP contribution in [0.4, 0.5) is 5.69 Å². The summed E-state index contributed by atoms with van der Waals surface area (Å²) < 4.78 is 26.2. The predicted molar refractivity (Wildman–Crippen MR) is 140 cm³/mol. The van der Waals surface area contributed by atoms with Crippen LogP contribution in [0.15, 0.2) is 72.8 Å². The number of carbonyl (C=O) groups excluding carboxylic acids is 1. The lowest BCUT2D eigenvalue weighted by molar-refractivity contribution is 0.0940. The van der Waals surface area contributed by atoms with Gasteiger partial charge in [0.05, 0.1) is 24.5 Å². The number of hydrogen-bond donors (Lipinski definition) is 1. The third kappa shape index (κ3) is 6.48. The molecule has 34 heavy (non-hydrogen) atoms. The number of carbonyl (C=O) groups is 1. The molecular weight excluding hydrogens is 444 g/mol. The molecule has 6 heteroatoms. The molecule has 0 aliphatic rings. The van der Waals surface area contributed by atoms with Gasteiger partial charge in [-0.2, -0.15) is 0 Å². The zero-order valence-corrected chi connectivity index (χ0v) is 21.6. The largest absolute Gasteiger partial charge is 0.346 e. The van der Waals surface area contributed by atoms with Crippen LogP contribution >= 0.6 is 0 Å². The average molecular weight is 479 g/mol. The molecule has 0 aliphatic carbocycles. The zero-order valence-electron chi connectivity index (χ0n) is 20.8. The Balaban J connectivity index is 1.70. The maximum absolute atomic E-state index is 12.8. The minimum Gasteiger partial charge on any atom is -0.346 e. The molecule has 1 amide bonds. The molecule has 0 heterocycles. The molecule has 1 atom stereocenters. The summed E-state index contributed by atoms with van der Waals surface area (Å²) in [7, 11) is -3.46. The summed E-state index contributed by atoms with van der Waals surface area (Å²) in [5, 5.41) is 3.04. The van der Waals surface area contributed by atoms with Gasteiger partial charge < -0.3 is 5.32 Å². The minimum absolute atomic E-state index is 0.0821. The second kappa shape index (κ2) is 10.0. The Labute approximate surface area is 203 Å². The van der Waals surface area contributed by atoms with Gasteiger partial charge in [0, 0.05) is 5.56 Å². The topological polar surface area (TPSA) is 66.5 Å². The molecule has 1 N–H and O–H groups in total. The molecule has 5 nitrogen and oxygen atoms in total.